The minimum absolute atomic E-state index is 0.283. The topological polar surface area (TPSA) is 37.8 Å². The van der Waals surface area contributed by atoms with Gasteiger partial charge in [-0.05, 0) is 36.3 Å². The van der Waals surface area contributed by atoms with Crippen molar-refractivity contribution in [3.63, 3.8) is 0 Å². The zero-order chi connectivity index (χ0) is 11.8. The number of aryl methyl sites for hydroxylation is 1. The molecule has 1 aliphatic carbocycles. The van der Waals surface area contributed by atoms with Gasteiger partial charge >= 0.3 is 0 Å². The van der Waals surface area contributed by atoms with Gasteiger partial charge in [0.15, 0.2) is 0 Å². The summed E-state index contributed by atoms with van der Waals surface area (Å²) in [5.74, 6) is 1.43. The van der Waals surface area contributed by atoms with Gasteiger partial charge in [-0.1, -0.05) is 20.8 Å². The molecule has 0 aliphatic heterocycles. The van der Waals surface area contributed by atoms with E-state index in [1.165, 1.54) is 24.1 Å². The van der Waals surface area contributed by atoms with Gasteiger partial charge in [0, 0.05) is 13.0 Å². The van der Waals surface area contributed by atoms with Crippen LogP contribution < -0.4 is 5.32 Å². The van der Waals surface area contributed by atoms with Crippen LogP contribution in [0.4, 0.5) is 5.82 Å². The Bertz CT molecular complexity index is 379. The third-order valence-electron chi connectivity index (χ3n) is 3.48. The Morgan fingerprint density at radius 3 is 2.69 bits per heavy atom. The third-order valence-corrected chi connectivity index (χ3v) is 3.48. The molecule has 1 N–H and O–H groups in total. The molecule has 16 heavy (non-hydrogen) atoms. The highest BCUT2D eigenvalue weighted by atomic mass is 15.2. The van der Waals surface area contributed by atoms with E-state index >= 15 is 0 Å². The van der Waals surface area contributed by atoms with Gasteiger partial charge in [-0.3, -0.25) is 0 Å². The average molecular weight is 219 g/mol. The highest BCUT2D eigenvalue weighted by Gasteiger charge is 2.32. The van der Waals surface area contributed by atoms with Crippen LogP contribution in [0.3, 0.4) is 0 Å². The average Bonchev–Trinajstić information content (AvgIpc) is 2.26. The molecule has 1 aromatic rings. The minimum atomic E-state index is 0.283. The van der Waals surface area contributed by atoms with Crippen LogP contribution in [-0.4, -0.2) is 17.2 Å². The molecule has 0 radical (unpaired) electrons. The standard InChI is InChI=1S/C13H21N3/c1-13(2,3)10-7-5-6-9-8-11(14-4)15-16-12(9)10/h8,10H,5-7H2,1-4H3,(H,14,15). The van der Waals surface area contributed by atoms with Gasteiger partial charge in [-0.25, -0.2) is 0 Å². The second-order valence-electron chi connectivity index (χ2n) is 5.70. The van der Waals surface area contributed by atoms with Crippen LogP contribution in [-0.2, 0) is 6.42 Å². The number of nitrogens with one attached hydrogen (secondary N) is 1. The lowest BCUT2D eigenvalue weighted by molar-refractivity contribution is 0.282. The summed E-state index contributed by atoms with van der Waals surface area (Å²) in [7, 11) is 1.89. The molecule has 0 bridgehead atoms. The summed E-state index contributed by atoms with van der Waals surface area (Å²) in [5, 5.41) is 11.7. The Kier molecular flexibility index (Phi) is 2.87. The molecule has 0 fully saturated rings. The first-order valence-electron chi connectivity index (χ1n) is 6.06. The summed E-state index contributed by atoms with van der Waals surface area (Å²) in [4.78, 5) is 0. The summed E-state index contributed by atoms with van der Waals surface area (Å²) in [5.41, 5.74) is 2.88. The van der Waals surface area contributed by atoms with Crippen LogP contribution in [0.1, 0.15) is 50.8 Å². The normalized spacial score (nSPS) is 20.4. The number of aromatic nitrogens is 2. The second-order valence-corrected chi connectivity index (χ2v) is 5.70. The van der Waals surface area contributed by atoms with Gasteiger partial charge in [0.1, 0.15) is 5.82 Å². The van der Waals surface area contributed by atoms with Crippen LogP contribution in [0.2, 0.25) is 0 Å². The summed E-state index contributed by atoms with van der Waals surface area (Å²) >= 11 is 0. The summed E-state index contributed by atoms with van der Waals surface area (Å²) in [6, 6.07) is 2.15. The molecule has 3 heteroatoms. The van der Waals surface area contributed by atoms with Crippen molar-refractivity contribution in [1.82, 2.24) is 10.2 Å². The number of anilines is 1. The zero-order valence-corrected chi connectivity index (χ0v) is 10.7. The van der Waals surface area contributed by atoms with Crippen molar-refractivity contribution >= 4 is 5.82 Å². The second kappa shape index (κ2) is 4.04. The fourth-order valence-electron chi connectivity index (χ4n) is 2.53. The van der Waals surface area contributed by atoms with Crippen LogP contribution in [0, 0.1) is 5.41 Å². The molecule has 0 saturated carbocycles. The smallest absolute Gasteiger partial charge is 0.148 e. The van der Waals surface area contributed by atoms with Gasteiger partial charge in [-0.15, -0.1) is 5.10 Å². The van der Waals surface area contributed by atoms with E-state index in [0.29, 0.717) is 5.92 Å². The number of hydrogen-bond acceptors (Lipinski definition) is 3. The van der Waals surface area contributed by atoms with Gasteiger partial charge in [0.2, 0.25) is 0 Å². The quantitative estimate of drug-likeness (QED) is 0.789. The highest BCUT2D eigenvalue weighted by Crippen LogP contribution is 2.42. The maximum Gasteiger partial charge on any atom is 0.148 e. The summed E-state index contributed by atoms with van der Waals surface area (Å²) in [6.07, 6.45) is 3.65. The first-order valence-corrected chi connectivity index (χ1v) is 6.06. The molecule has 0 saturated heterocycles. The van der Waals surface area contributed by atoms with Gasteiger partial charge in [0.05, 0.1) is 5.69 Å². The largest absolute Gasteiger partial charge is 0.372 e. The van der Waals surface area contributed by atoms with Crippen molar-refractivity contribution in [3.05, 3.63) is 17.3 Å². The van der Waals surface area contributed by atoms with Crippen LogP contribution in [0.5, 0.6) is 0 Å². The molecule has 1 aromatic heterocycles. The Labute approximate surface area is 97.7 Å². The maximum atomic E-state index is 4.43. The fraction of sp³-hybridized carbons (Fsp3) is 0.692. The molecule has 1 aliphatic rings. The first-order chi connectivity index (χ1) is 7.52. The van der Waals surface area contributed by atoms with E-state index in [2.05, 4.69) is 42.4 Å². The molecule has 1 atom stereocenters. The Morgan fingerprint density at radius 1 is 1.31 bits per heavy atom. The zero-order valence-electron chi connectivity index (χ0n) is 10.7. The van der Waals surface area contributed by atoms with Crippen molar-refractivity contribution in [2.75, 3.05) is 12.4 Å². The van der Waals surface area contributed by atoms with E-state index in [0.717, 1.165) is 12.2 Å². The summed E-state index contributed by atoms with van der Waals surface area (Å²) in [6.45, 7) is 6.88. The van der Waals surface area contributed by atoms with E-state index < -0.39 is 0 Å². The molecule has 1 unspecified atom stereocenters. The molecule has 0 amide bonds. The van der Waals surface area contributed by atoms with Crippen molar-refractivity contribution < 1.29 is 0 Å². The van der Waals surface area contributed by atoms with Crippen molar-refractivity contribution in [2.24, 2.45) is 5.41 Å². The first kappa shape index (κ1) is 11.4. The lowest BCUT2D eigenvalue weighted by Gasteiger charge is -2.34. The molecular formula is C13H21N3. The fourth-order valence-corrected chi connectivity index (χ4v) is 2.53. The lowest BCUT2D eigenvalue weighted by atomic mass is 9.72. The van der Waals surface area contributed by atoms with Crippen LogP contribution in [0.25, 0.3) is 0 Å². The number of hydrogen-bond donors (Lipinski definition) is 1. The molecule has 0 spiro atoms. The molecule has 0 aromatic carbocycles. The maximum absolute atomic E-state index is 4.43. The predicted molar refractivity (Wildman–Crippen MR) is 66.7 cm³/mol. The van der Waals surface area contributed by atoms with Gasteiger partial charge in [-0.2, -0.15) is 5.10 Å². The van der Waals surface area contributed by atoms with E-state index in [9.17, 15) is 0 Å². The number of rotatable bonds is 1. The van der Waals surface area contributed by atoms with Crippen LogP contribution >= 0.6 is 0 Å². The third kappa shape index (κ3) is 2.04. The van der Waals surface area contributed by atoms with E-state index in [1.807, 2.05) is 7.05 Å². The van der Waals surface area contributed by atoms with Crippen molar-refractivity contribution in [2.45, 2.75) is 46.0 Å². The monoisotopic (exact) mass is 219 g/mol. The SMILES string of the molecule is CNc1cc2c(nn1)C(C(C)(C)C)CCC2. The predicted octanol–water partition coefficient (Wildman–Crippen LogP) is 2.98. The molecule has 88 valence electrons. The molecule has 3 nitrogen and oxygen atoms in total. The molecular weight excluding hydrogens is 198 g/mol. The van der Waals surface area contributed by atoms with E-state index in [4.69, 9.17) is 0 Å². The Balaban J connectivity index is 2.40. The Morgan fingerprint density at radius 2 is 2.06 bits per heavy atom. The lowest BCUT2D eigenvalue weighted by Crippen LogP contribution is -2.24. The van der Waals surface area contributed by atoms with Crippen LogP contribution in [0.15, 0.2) is 6.07 Å². The van der Waals surface area contributed by atoms with E-state index in [1.54, 1.807) is 0 Å². The minimum Gasteiger partial charge on any atom is -0.372 e. The van der Waals surface area contributed by atoms with E-state index in [-0.39, 0.29) is 5.41 Å². The summed E-state index contributed by atoms with van der Waals surface area (Å²) < 4.78 is 0. The molecule has 1 heterocycles. The Hall–Kier alpha value is -1.12. The van der Waals surface area contributed by atoms with Gasteiger partial charge < -0.3 is 5.32 Å². The number of fused-ring (bicyclic) bond motifs is 1. The van der Waals surface area contributed by atoms with Crippen molar-refractivity contribution in [3.8, 4) is 0 Å². The highest BCUT2D eigenvalue weighted by molar-refractivity contribution is 5.39. The molecule has 2 rings (SSSR count). The number of nitrogens with zero attached hydrogens (tertiary/aromatic N) is 2. The van der Waals surface area contributed by atoms with Gasteiger partial charge in [0.25, 0.3) is 0 Å². The van der Waals surface area contributed by atoms with Crippen molar-refractivity contribution in [1.29, 1.82) is 0 Å².